The van der Waals surface area contributed by atoms with Gasteiger partial charge in [-0.15, -0.1) is 0 Å². The number of hydrogen-bond donors (Lipinski definition) is 6. The highest BCUT2D eigenvalue weighted by Crippen LogP contribution is 2.20. The summed E-state index contributed by atoms with van der Waals surface area (Å²) in [4.78, 5) is 2.73. The van der Waals surface area contributed by atoms with Crippen LogP contribution in [0.1, 0.15) is 43.0 Å². The molecule has 6 nitrogen and oxygen atoms in total. The van der Waals surface area contributed by atoms with E-state index >= 15 is 0 Å². The standard InChI is InChI=1S/C11H21N3O3/c12-6-2-1-3-7(13)10(15)8-4-5-9(14-8)11(16)17/h4-5,7,10-11,14-17H,1-3,6,12-13H2/t7-,10?/m0/s1. The SMILES string of the molecule is NCCCC[C@H](N)C(O)c1ccc(C(O)O)[nH]1. The summed E-state index contributed by atoms with van der Waals surface area (Å²) in [7, 11) is 0. The van der Waals surface area contributed by atoms with E-state index in [9.17, 15) is 5.11 Å². The Labute approximate surface area is 100 Å². The second kappa shape index (κ2) is 6.73. The Morgan fingerprint density at radius 3 is 2.29 bits per heavy atom. The molecule has 1 heterocycles. The molecule has 0 aliphatic carbocycles. The van der Waals surface area contributed by atoms with E-state index in [-0.39, 0.29) is 11.7 Å². The van der Waals surface area contributed by atoms with Crippen molar-refractivity contribution in [3.8, 4) is 0 Å². The fourth-order valence-corrected chi connectivity index (χ4v) is 1.67. The van der Waals surface area contributed by atoms with Crippen molar-refractivity contribution in [1.82, 2.24) is 4.98 Å². The molecular formula is C11H21N3O3. The monoisotopic (exact) mass is 243 g/mol. The smallest absolute Gasteiger partial charge is 0.193 e. The Balaban J connectivity index is 2.52. The highest BCUT2D eigenvalue weighted by molar-refractivity contribution is 5.17. The van der Waals surface area contributed by atoms with Crippen LogP contribution in [-0.2, 0) is 0 Å². The van der Waals surface area contributed by atoms with Crippen LogP contribution in [-0.4, -0.2) is 32.9 Å². The van der Waals surface area contributed by atoms with E-state index in [1.54, 1.807) is 6.07 Å². The molecule has 17 heavy (non-hydrogen) atoms. The topological polar surface area (TPSA) is 129 Å². The molecule has 0 spiro atoms. The number of aliphatic hydroxyl groups excluding tert-OH is 2. The van der Waals surface area contributed by atoms with Crippen LogP contribution in [0.3, 0.4) is 0 Å². The predicted octanol–water partition coefficient (Wildman–Crippen LogP) is -0.512. The van der Waals surface area contributed by atoms with Crippen molar-refractivity contribution < 1.29 is 15.3 Å². The lowest BCUT2D eigenvalue weighted by Crippen LogP contribution is -2.28. The molecule has 0 radical (unpaired) electrons. The van der Waals surface area contributed by atoms with E-state index in [0.29, 0.717) is 18.7 Å². The summed E-state index contributed by atoms with van der Waals surface area (Å²) in [6.07, 6.45) is 0.0233. The van der Waals surface area contributed by atoms with E-state index in [1.807, 2.05) is 0 Å². The van der Waals surface area contributed by atoms with Crippen LogP contribution in [0.25, 0.3) is 0 Å². The summed E-state index contributed by atoms with van der Waals surface area (Å²) in [6.45, 7) is 0.617. The summed E-state index contributed by atoms with van der Waals surface area (Å²) in [5, 5.41) is 27.8. The van der Waals surface area contributed by atoms with E-state index in [2.05, 4.69) is 4.98 Å². The molecule has 1 unspecified atom stereocenters. The first-order valence-electron chi connectivity index (χ1n) is 5.75. The average Bonchev–Trinajstić information content (AvgIpc) is 2.77. The maximum atomic E-state index is 9.93. The van der Waals surface area contributed by atoms with Crippen molar-refractivity contribution in [3.63, 3.8) is 0 Å². The predicted molar refractivity (Wildman–Crippen MR) is 63.8 cm³/mol. The van der Waals surface area contributed by atoms with E-state index < -0.39 is 12.4 Å². The maximum Gasteiger partial charge on any atom is 0.193 e. The molecule has 98 valence electrons. The van der Waals surface area contributed by atoms with Gasteiger partial charge in [0.2, 0.25) is 0 Å². The fraction of sp³-hybridized carbons (Fsp3) is 0.636. The number of aromatic nitrogens is 1. The molecule has 0 amide bonds. The number of nitrogens with one attached hydrogen (secondary N) is 1. The Hall–Kier alpha value is -0.920. The highest BCUT2D eigenvalue weighted by atomic mass is 16.5. The highest BCUT2D eigenvalue weighted by Gasteiger charge is 2.19. The van der Waals surface area contributed by atoms with Crippen molar-refractivity contribution in [1.29, 1.82) is 0 Å². The summed E-state index contributed by atoms with van der Waals surface area (Å²) in [5.41, 5.74) is 12.0. The molecular weight excluding hydrogens is 222 g/mol. The molecule has 2 atom stereocenters. The zero-order chi connectivity index (χ0) is 12.8. The average molecular weight is 243 g/mol. The van der Waals surface area contributed by atoms with Gasteiger partial charge in [0.1, 0.15) is 6.10 Å². The minimum atomic E-state index is -1.57. The number of hydrogen-bond acceptors (Lipinski definition) is 5. The third-order valence-corrected chi connectivity index (χ3v) is 2.73. The van der Waals surface area contributed by atoms with Gasteiger partial charge >= 0.3 is 0 Å². The maximum absolute atomic E-state index is 9.93. The summed E-state index contributed by atoms with van der Waals surface area (Å²) in [5.74, 6) is 0. The fourth-order valence-electron chi connectivity index (χ4n) is 1.67. The van der Waals surface area contributed by atoms with Gasteiger partial charge in [0.15, 0.2) is 6.29 Å². The van der Waals surface area contributed by atoms with Gasteiger partial charge in [0, 0.05) is 11.7 Å². The molecule has 0 aliphatic heterocycles. The number of rotatable bonds is 7. The van der Waals surface area contributed by atoms with Gasteiger partial charge in [0.05, 0.1) is 5.69 Å². The lowest BCUT2D eigenvalue weighted by Gasteiger charge is -2.17. The van der Waals surface area contributed by atoms with Crippen LogP contribution in [0.2, 0.25) is 0 Å². The van der Waals surface area contributed by atoms with Crippen LogP contribution < -0.4 is 11.5 Å². The zero-order valence-corrected chi connectivity index (χ0v) is 9.71. The molecule has 6 heteroatoms. The largest absolute Gasteiger partial charge is 0.385 e. The molecule has 0 aromatic carbocycles. The number of unbranched alkanes of at least 4 members (excludes halogenated alkanes) is 1. The Bertz CT molecular complexity index is 328. The summed E-state index contributed by atoms with van der Waals surface area (Å²) in [6, 6.07) is 2.72. The first-order chi connectivity index (χ1) is 8.06. The molecule has 1 aromatic rings. The Morgan fingerprint density at radius 1 is 1.12 bits per heavy atom. The van der Waals surface area contributed by atoms with Crippen molar-refractivity contribution >= 4 is 0 Å². The van der Waals surface area contributed by atoms with Crippen LogP contribution in [0.5, 0.6) is 0 Å². The Morgan fingerprint density at radius 2 is 1.76 bits per heavy atom. The number of nitrogens with two attached hydrogens (primary N) is 2. The van der Waals surface area contributed by atoms with Gasteiger partial charge in [-0.1, -0.05) is 6.42 Å². The lowest BCUT2D eigenvalue weighted by atomic mass is 10.0. The van der Waals surface area contributed by atoms with Crippen LogP contribution in [0.15, 0.2) is 12.1 Å². The second-order valence-corrected chi connectivity index (χ2v) is 4.14. The first kappa shape index (κ1) is 14.1. The summed E-state index contributed by atoms with van der Waals surface area (Å²) < 4.78 is 0. The third kappa shape index (κ3) is 4.10. The van der Waals surface area contributed by atoms with Gasteiger partial charge in [-0.3, -0.25) is 0 Å². The molecule has 0 fully saturated rings. The zero-order valence-electron chi connectivity index (χ0n) is 9.71. The minimum Gasteiger partial charge on any atom is -0.385 e. The van der Waals surface area contributed by atoms with Gasteiger partial charge in [-0.2, -0.15) is 0 Å². The molecule has 1 rings (SSSR count). The van der Waals surface area contributed by atoms with Crippen LogP contribution in [0, 0.1) is 0 Å². The van der Waals surface area contributed by atoms with Crippen molar-refractivity contribution in [2.75, 3.05) is 6.54 Å². The number of H-pyrrole nitrogens is 1. The quantitative estimate of drug-likeness (QED) is 0.284. The number of aromatic amines is 1. The molecule has 8 N–H and O–H groups in total. The van der Waals surface area contributed by atoms with Crippen LogP contribution in [0.4, 0.5) is 0 Å². The first-order valence-corrected chi connectivity index (χ1v) is 5.75. The van der Waals surface area contributed by atoms with Crippen molar-refractivity contribution in [2.24, 2.45) is 11.5 Å². The molecule has 0 aliphatic rings. The second-order valence-electron chi connectivity index (χ2n) is 4.14. The molecule has 0 saturated carbocycles. The normalized spacial score (nSPS) is 15.2. The number of aliphatic hydroxyl groups is 3. The van der Waals surface area contributed by atoms with Crippen molar-refractivity contribution in [3.05, 3.63) is 23.5 Å². The van der Waals surface area contributed by atoms with Crippen molar-refractivity contribution in [2.45, 2.75) is 37.7 Å². The van der Waals surface area contributed by atoms with Gasteiger partial charge < -0.3 is 31.8 Å². The van der Waals surface area contributed by atoms with Crippen LogP contribution >= 0.6 is 0 Å². The Kier molecular flexibility index (Phi) is 5.60. The minimum absolute atomic E-state index is 0.244. The van der Waals surface area contributed by atoms with Gasteiger partial charge in [0.25, 0.3) is 0 Å². The van der Waals surface area contributed by atoms with E-state index in [4.69, 9.17) is 21.7 Å². The summed E-state index contributed by atoms with van der Waals surface area (Å²) >= 11 is 0. The van der Waals surface area contributed by atoms with E-state index in [1.165, 1.54) is 6.07 Å². The lowest BCUT2D eigenvalue weighted by molar-refractivity contribution is -0.0457. The van der Waals surface area contributed by atoms with Gasteiger partial charge in [-0.05, 0) is 31.5 Å². The molecule has 0 saturated heterocycles. The third-order valence-electron chi connectivity index (χ3n) is 2.73. The molecule has 1 aromatic heterocycles. The van der Waals surface area contributed by atoms with E-state index in [0.717, 1.165) is 12.8 Å². The molecule has 0 bridgehead atoms. The van der Waals surface area contributed by atoms with Gasteiger partial charge in [-0.25, -0.2) is 0 Å².